The Hall–Kier alpha value is -1.95. The molecule has 0 N–H and O–H groups in total. The minimum Gasteiger partial charge on any atom is -0.448 e. The first-order chi connectivity index (χ1) is 11.2. The van der Waals surface area contributed by atoms with Crippen LogP contribution in [-0.2, 0) is 10.4 Å². The van der Waals surface area contributed by atoms with Crippen molar-refractivity contribution in [2.75, 3.05) is 19.7 Å². The lowest BCUT2D eigenvalue weighted by molar-refractivity contribution is -0.0590. The summed E-state index contributed by atoms with van der Waals surface area (Å²) in [4.78, 5) is 14.9. The number of likely N-dealkylation sites (tertiary alicyclic amines) is 1. The molecule has 1 aromatic carbocycles. The molecule has 0 saturated carbocycles. The third kappa shape index (κ3) is 2.61. The zero-order chi connectivity index (χ0) is 16.3. The molecule has 3 rings (SSSR count). The molecule has 1 saturated heterocycles. The van der Waals surface area contributed by atoms with Crippen LogP contribution < -0.4 is 0 Å². The van der Waals surface area contributed by atoms with E-state index in [0.29, 0.717) is 6.61 Å². The van der Waals surface area contributed by atoms with Crippen LogP contribution in [0.2, 0.25) is 0 Å². The predicted molar refractivity (Wildman–Crippen MR) is 86.7 cm³/mol. The zero-order valence-electron chi connectivity index (χ0n) is 13.8. The lowest BCUT2D eigenvalue weighted by Crippen LogP contribution is -2.61. The summed E-state index contributed by atoms with van der Waals surface area (Å²) in [5.74, 6) is 0. The lowest BCUT2D eigenvalue weighted by Gasteiger charge is -2.47. The number of carbonyl (C=O) groups is 1. The summed E-state index contributed by atoms with van der Waals surface area (Å²) in [5, 5.41) is 9.96. The molecule has 2 heterocycles. The van der Waals surface area contributed by atoms with Gasteiger partial charge < -0.3 is 4.74 Å². The van der Waals surface area contributed by atoms with Gasteiger partial charge in [-0.25, -0.2) is 4.79 Å². The molecule has 2 atom stereocenters. The summed E-state index contributed by atoms with van der Waals surface area (Å²) in [6.07, 6.45) is 3.04. The molecule has 23 heavy (non-hydrogen) atoms. The Morgan fingerprint density at radius 1 is 1.26 bits per heavy atom. The second kappa shape index (κ2) is 6.66. The second-order valence-electron chi connectivity index (χ2n) is 6.03. The van der Waals surface area contributed by atoms with E-state index >= 15 is 0 Å². The van der Waals surface area contributed by atoms with E-state index in [9.17, 15) is 4.79 Å². The monoisotopic (exact) mass is 316 g/mol. The van der Waals surface area contributed by atoms with Gasteiger partial charge in [-0.3, -0.25) is 4.90 Å². The summed E-state index contributed by atoms with van der Waals surface area (Å²) < 4.78 is 5.25. The van der Waals surface area contributed by atoms with Crippen molar-refractivity contribution in [2.45, 2.75) is 44.8 Å². The fraction of sp³-hybridized carbons (Fsp3) is 0.588. The van der Waals surface area contributed by atoms with Crippen LogP contribution >= 0.6 is 0 Å². The molecule has 6 nitrogen and oxygen atoms in total. The molecule has 1 aromatic rings. The van der Waals surface area contributed by atoms with E-state index in [4.69, 9.17) is 4.74 Å². The molecule has 0 aromatic heterocycles. The van der Waals surface area contributed by atoms with Crippen molar-refractivity contribution in [3.05, 3.63) is 35.9 Å². The topological polar surface area (TPSA) is 57.5 Å². The van der Waals surface area contributed by atoms with Gasteiger partial charge in [0.25, 0.3) is 0 Å². The number of rotatable bonds is 3. The first-order valence-corrected chi connectivity index (χ1v) is 8.39. The first kappa shape index (κ1) is 15.9. The van der Waals surface area contributed by atoms with Crippen molar-refractivity contribution in [2.24, 2.45) is 10.3 Å². The summed E-state index contributed by atoms with van der Waals surface area (Å²) in [5.41, 5.74) is 0.348. The van der Waals surface area contributed by atoms with Gasteiger partial charge in [-0.05, 0) is 32.3 Å². The van der Waals surface area contributed by atoms with Gasteiger partial charge in [0.1, 0.15) is 6.04 Å². The van der Waals surface area contributed by atoms with Crippen molar-refractivity contribution >= 4 is 6.09 Å². The Morgan fingerprint density at radius 2 is 1.96 bits per heavy atom. The first-order valence-electron chi connectivity index (χ1n) is 8.39. The third-order valence-electron chi connectivity index (χ3n) is 4.70. The lowest BCUT2D eigenvalue weighted by atomic mass is 9.88. The van der Waals surface area contributed by atoms with Crippen LogP contribution in [0.1, 0.15) is 38.7 Å². The standard InChI is InChI=1S/C17H24N4O2/c1-3-23-16(22)21-17(14(2)18-19-21,15-10-6-4-7-11-15)20-12-8-5-9-13-20/h4,6-7,10-11,14H,3,5,8-9,12-13H2,1-2H3/t14-,17+/m0/s1. The largest absolute Gasteiger partial charge is 0.448 e. The van der Waals surface area contributed by atoms with Gasteiger partial charge in [0.2, 0.25) is 0 Å². The number of benzene rings is 1. The Bertz CT molecular complexity index is 571. The molecule has 0 radical (unpaired) electrons. The van der Waals surface area contributed by atoms with E-state index in [1.165, 1.54) is 11.4 Å². The van der Waals surface area contributed by atoms with Gasteiger partial charge >= 0.3 is 6.09 Å². The maximum absolute atomic E-state index is 12.5. The van der Waals surface area contributed by atoms with E-state index in [-0.39, 0.29) is 6.04 Å². The number of amides is 1. The number of carbonyl (C=O) groups excluding carboxylic acids is 1. The van der Waals surface area contributed by atoms with Gasteiger partial charge in [-0.1, -0.05) is 42.0 Å². The Kier molecular flexibility index (Phi) is 4.61. The zero-order valence-corrected chi connectivity index (χ0v) is 13.8. The van der Waals surface area contributed by atoms with E-state index in [2.05, 4.69) is 15.2 Å². The number of hydrogen-bond donors (Lipinski definition) is 0. The minimum absolute atomic E-state index is 0.146. The Morgan fingerprint density at radius 3 is 2.61 bits per heavy atom. The average molecular weight is 316 g/mol. The number of piperidine rings is 1. The summed E-state index contributed by atoms with van der Waals surface area (Å²) in [6, 6.07) is 9.93. The highest BCUT2D eigenvalue weighted by molar-refractivity contribution is 5.69. The molecule has 0 bridgehead atoms. The normalized spacial score (nSPS) is 28.1. The Balaban J connectivity index is 2.08. The predicted octanol–water partition coefficient (Wildman–Crippen LogP) is 3.55. The highest BCUT2D eigenvalue weighted by atomic mass is 16.6. The van der Waals surface area contributed by atoms with E-state index in [1.54, 1.807) is 6.92 Å². The van der Waals surface area contributed by atoms with Crippen LogP contribution in [0.25, 0.3) is 0 Å². The van der Waals surface area contributed by atoms with Crippen molar-refractivity contribution in [1.29, 1.82) is 0 Å². The Labute approximate surface area is 137 Å². The molecule has 0 aliphatic carbocycles. The van der Waals surface area contributed by atoms with Gasteiger partial charge in [0.05, 0.1) is 6.61 Å². The van der Waals surface area contributed by atoms with Gasteiger partial charge in [0.15, 0.2) is 5.66 Å². The van der Waals surface area contributed by atoms with Crippen LogP contribution in [0, 0.1) is 0 Å². The van der Waals surface area contributed by atoms with E-state index < -0.39 is 11.8 Å². The minimum atomic E-state index is -0.687. The summed E-state index contributed by atoms with van der Waals surface area (Å²) in [7, 11) is 0. The van der Waals surface area contributed by atoms with Crippen LogP contribution in [0.4, 0.5) is 4.79 Å². The number of hydrogen-bond acceptors (Lipinski definition) is 5. The molecule has 2 aliphatic rings. The summed E-state index contributed by atoms with van der Waals surface area (Å²) >= 11 is 0. The average Bonchev–Trinajstić information content (AvgIpc) is 2.95. The van der Waals surface area contributed by atoms with Crippen molar-refractivity contribution in [3.63, 3.8) is 0 Å². The van der Waals surface area contributed by atoms with Crippen molar-refractivity contribution in [3.8, 4) is 0 Å². The van der Waals surface area contributed by atoms with Gasteiger partial charge in [-0.15, -0.1) is 0 Å². The maximum Gasteiger partial charge on any atom is 0.434 e. The summed E-state index contributed by atoms with van der Waals surface area (Å²) in [6.45, 7) is 6.01. The fourth-order valence-electron chi connectivity index (χ4n) is 3.68. The molecule has 124 valence electrons. The molecule has 1 fully saturated rings. The van der Waals surface area contributed by atoms with E-state index in [1.807, 2.05) is 37.3 Å². The van der Waals surface area contributed by atoms with E-state index in [0.717, 1.165) is 31.5 Å². The quantitative estimate of drug-likeness (QED) is 0.857. The maximum atomic E-state index is 12.5. The molecular formula is C17H24N4O2. The molecular weight excluding hydrogens is 292 g/mol. The van der Waals surface area contributed by atoms with Crippen LogP contribution in [0.15, 0.2) is 40.7 Å². The fourth-order valence-corrected chi connectivity index (χ4v) is 3.68. The molecule has 0 unspecified atom stereocenters. The smallest absolute Gasteiger partial charge is 0.434 e. The highest BCUT2D eigenvalue weighted by Gasteiger charge is 2.55. The molecule has 0 spiro atoms. The van der Waals surface area contributed by atoms with Crippen LogP contribution in [-0.4, -0.2) is 41.7 Å². The van der Waals surface area contributed by atoms with Crippen LogP contribution in [0.3, 0.4) is 0 Å². The van der Waals surface area contributed by atoms with Crippen molar-refractivity contribution in [1.82, 2.24) is 9.91 Å². The molecule has 6 heteroatoms. The number of nitrogens with zero attached hydrogens (tertiary/aromatic N) is 4. The highest BCUT2D eigenvalue weighted by Crippen LogP contribution is 2.43. The van der Waals surface area contributed by atoms with Crippen molar-refractivity contribution < 1.29 is 9.53 Å². The SMILES string of the molecule is CCOC(=O)N1N=N[C@@H](C)[C@@]1(c1ccccc1)N1CCCCC1. The van der Waals surface area contributed by atoms with Gasteiger partial charge in [-0.2, -0.15) is 10.1 Å². The third-order valence-corrected chi connectivity index (χ3v) is 4.70. The molecule has 2 aliphatic heterocycles. The van der Waals surface area contributed by atoms with Crippen LogP contribution in [0.5, 0.6) is 0 Å². The van der Waals surface area contributed by atoms with Gasteiger partial charge in [0, 0.05) is 13.1 Å². The second-order valence-corrected chi connectivity index (χ2v) is 6.03. The number of ether oxygens (including phenoxy) is 1. The molecule has 1 amide bonds.